The molecule has 4 aromatic carbocycles. The summed E-state index contributed by atoms with van der Waals surface area (Å²) in [5.74, 6) is 1.91. The van der Waals surface area contributed by atoms with E-state index in [1.807, 2.05) is 0 Å². The van der Waals surface area contributed by atoms with E-state index in [0.29, 0.717) is 0 Å². The molecule has 134 valence electrons. The predicted molar refractivity (Wildman–Crippen MR) is 113 cm³/mol. The summed E-state index contributed by atoms with van der Waals surface area (Å²) in [6, 6.07) is 30.8. The average Bonchev–Trinajstić information content (AvgIpc) is 2.99. The zero-order valence-corrected chi connectivity index (χ0v) is 16.0. The number of fused-ring (bicyclic) bond motifs is 9. The first-order valence-electron chi connectivity index (χ1n) is 9.79. The van der Waals surface area contributed by atoms with Gasteiger partial charge in [0.05, 0.1) is 5.41 Å². The van der Waals surface area contributed by atoms with Crippen molar-refractivity contribution in [2.24, 2.45) is 0 Å². The summed E-state index contributed by atoms with van der Waals surface area (Å²) < 4.78 is 6.41. The first kappa shape index (κ1) is 15.7. The van der Waals surface area contributed by atoms with Crippen molar-refractivity contribution in [1.29, 1.82) is 0 Å². The summed E-state index contributed by atoms with van der Waals surface area (Å²) in [7, 11) is 0. The Morgan fingerprint density at radius 1 is 0.536 bits per heavy atom. The van der Waals surface area contributed by atoms with Crippen molar-refractivity contribution in [3.8, 4) is 22.6 Å². The molecular weight excluding hydrogens is 340 g/mol. The van der Waals surface area contributed by atoms with E-state index < -0.39 is 0 Å². The fraction of sp³-hybridized carbons (Fsp3) is 0.111. The van der Waals surface area contributed by atoms with Crippen LogP contribution < -0.4 is 4.74 Å². The molecule has 1 aliphatic heterocycles. The van der Waals surface area contributed by atoms with Gasteiger partial charge in [-0.2, -0.15) is 0 Å². The lowest BCUT2D eigenvalue weighted by Gasteiger charge is -2.39. The second kappa shape index (κ2) is 5.36. The quantitative estimate of drug-likeness (QED) is 0.290. The van der Waals surface area contributed by atoms with Crippen LogP contribution in [-0.4, -0.2) is 0 Å². The fourth-order valence-electron chi connectivity index (χ4n) is 5.13. The minimum Gasteiger partial charge on any atom is -0.457 e. The van der Waals surface area contributed by atoms with Gasteiger partial charge in [0.15, 0.2) is 0 Å². The molecule has 1 heteroatoms. The summed E-state index contributed by atoms with van der Waals surface area (Å²) in [5, 5.41) is 0. The van der Waals surface area contributed by atoms with E-state index in [1.165, 1.54) is 44.5 Å². The van der Waals surface area contributed by atoms with Crippen molar-refractivity contribution in [3.63, 3.8) is 0 Å². The highest BCUT2D eigenvalue weighted by Gasteiger charge is 2.50. The molecule has 4 aromatic rings. The number of benzene rings is 4. The number of para-hydroxylation sites is 1. The Balaban J connectivity index is 1.85. The maximum Gasteiger partial charge on any atom is 0.132 e. The molecule has 0 N–H and O–H groups in total. The number of hydrogen-bond acceptors (Lipinski definition) is 1. The molecule has 6 rings (SSSR count). The van der Waals surface area contributed by atoms with Crippen molar-refractivity contribution in [3.05, 3.63) is 118 Å². The summed E-state index contributed by atoms with van der Waals surface area (Å²) in [5.41, 5.74) is 9.95. The number of aryl methyl sites for hydroxylation is 2. The van der Waals surface area contributed by atoms with Crippen LogP contribution >= 0.6 is 0 Å². The van der Waals surface area contributed by atoms with Crippen molar-refractivity contribution in [1.82, 2.24) is 0 Å². The smallest absolute Gasteiger partial charge is 0.132 e. The van der Waals surface area contributed by atoms with Gasteiger partial charge < -0.3 is 4.74 Å². The molecule has 1 spiro atoms. The van der Waals surface area contributed by atoms with Crippen molar-refractivity contribution >= 4 is 0 Å². The second-order valence-corrected chi connectivity index (χ2v) is 7.94. The SMILES string of the molecule is Cc1ccc2c(c1)Oc1ccccc1C21c2ccccc2-c2ccc(C)cc21. The molecule has 1 nitrogen and oxygen atoms in total. The minimum absolute atomic E-state index is 0.337. The van der Waals surface area contributed by atoms with E-state index in [4.69, 9.17) is 4.74 Å². The van der Waals surface area contributed by atoms with Crippen molar-refractivity contribution < 1.29 is 4.74 Å². The van der Waals surface area contributed by atoms with E-state index in [2.05, 4.69) is 98.8 Å². The zero-order chi connectivity index (χ0) is 18.9. The van der Waals surface area contributed by atoms with Crippen LogP contribution in [0.4, 0.5) is 0 Å². The molecule has 0 aromatic heterocycles. The maximum absolute atomic E-state index is 6.41. The van der Waals surface area contributed by atoms with Crippen LogP contribution in [0.2, 0.25) is 0 Å². The van der Waals surface area contributed by atoms with Crippen LogP contribution in [0.3, 0.4) is 0 Å². The lowest BCUT2D eigenvalue weighted by Crippen LogP contribution is -2.32. The molecule has 1 heterocycles. The summed E-state index contributed by atoms with van der Waals surface area (Å²) >= 11 is 0. The van der Waals surface area contributed by atoms with E-state index in [-0.39, 0.29) is 5.41 Å². The van der Waals surface area contributed by atoms with Crippen molar-refractivity contribution in [2.45, 2.75) is 19.3 Å². The monoisotopic (exact) mass is 360 g/mol. The zero-order valence-electron chi connectivity index (χ0n) is 16.0. The van der Waals surface area contributed by atoms with Crippen LogP contribution in [-0.2, 0) is 5.41 Å². The van der Waals surface area contributed by atoms with Gasteiger partial charge in [-0.25, -0.2) is 0 Å². The molecule has 0 saturated carbocycles. The van der Waals surface area contributed by atoms with Gasteiger partial charge in [0, 0.05) is 11.1 Å². The first-order valence-corrected chi connectivity index (χ1v) is 9.79. The fourth-order valence-corrected chi connectivity index (χ4v) is 5.13. The molecule has 0 bridgehead atoms. The molecule has 2 aliphatic rings. The van der Waals surface area contributed by atoms with E-state index >= 15 is 0 Å². The molecular formula is C27H20O. The van der Waals surface area contributed by atoms with E-state index in [1.54, 1.807) is 0 Å². The molecule has 1 aliphatic carbocycles. The van der Waals surface area contributed by atoms with Gasteiger partial charge >= 0.3 is 0 Å². The largest absolute Gasteiger partial charge is 0.457 e. The Labute approximate surface area is 165 Å². The summed E-state index contributed by atoms with van der Waals surface area (Å²) in [4.78, 5) is 0. The van der Waals surface area contributed by atoms with E-state index in [9.17, 15) is 0 Å². The highest BCUT2D eigenvalue weighted by atomic mass is 16.5. The van der Waals surface area contributed by atoms with Gasteiger partial charge in [0.1, 0.15) is 11.5 Å². The van der Waals surface area contributed by atoms with Crippen LogP contribution in [0.1, 0.15) is 33.4 Å². The first-order chi connectivity index (χ1) is 13.7. The van der Waals surface area contributed by atoms with Gasteiger partial charge in [-0.05, 0) is 53.8 Å². The lowest BCUT2D eigenvalue weighted by molar-refractivity contribution is 0.436. The minimum atomic E-state index is -0.337. The van der Waals surface area contributed by atoms with Crippen LogP contribution in [0.15, 0.2) is 84.9 Å². The predicted octanol–water partition coefficient (Wildman–Crippen LogP) is 6.77. The molecule has 1 unspecified atom stereocenters. The Morgan fingerprint density at radius 2 is 1.18 bits per heavy atom. The Bertz CT molecular complexity index is 1270. The topological polar surface area (TPSA) is 9.23 Å². The average molecular weight is 360 g/mol. The Kier molecular flexibility index (Phi) is 3.01. The van der Waals surface area contributed by atoms with Crippen LogP contribution in [0.5, 0.6) is 11.5 Å². The normalized spacial score (nSPS) is 18.1. The highest BCUT2D eigenvalue weighted by molar-refractivity contribution is 5.88. The second-order valence-electron chi connectivity index (χ2n) is 7.94. The van der Waals surface area contributed by atoms with Gasteiger partial charge in [-0.3, -0.25) is 0 Å². The Hall–Kier alpha value is -3.32. The lowest BCUT2D eigenvalue weighted by atomic mass is 9.66. The third kappa shape index (κ3) is 1.81. The molecule has 0 radical (unpaired) electrons. The number of rotatable bonds is 0. The molecule has 0 fully saturated rings. The third-order valence-electron chi connectivity index (χ3n) is 6.25. The summed E-state index contributed by atoms with van der Waals surface area (Å²) in [6.45, 7) is 4.30. The van der Waals surface area contributed by atoms with Crippen LogP contribution in [0, 0.1) is 13.8 Å². The molecule has 0 amide bonds. The van der Waals surface area contributed by atoms with Crippen LogP contribution in [0.25, 0.3) is 11.1 Å². The van der Waals surface area contributed by atoms with Gasteiger partial charge in [-0.15, -0.1) is 0 Å². The third-order valence-corrected chi connectivity index (χ3v) is 6.25. The molecule has 28 heavy (non-hydrogen) atoms. The van der Waals surface area contributed by atoms with Gasteiger partial charge in [-0.1, -0.05) is 78.4 Å². The van der Waals surface area contributed by atoms with Crippen molar-refractivity contribution in [2.75, 3.05) is 0 Å². The van der Waals surface area contributed by atoms with E-state index in [0.717, 1.165) is 11.5 Å². The van der Waals surface area contributed by atoms with Gasteiger partial charge in [0.25, 0.3) is 0 Å². The standard InChI is InChI=1S/C27H20O/c1-17-11-13-20-19-7-3-4-8-21(19)27(24(20)15-17)22-9-5-6-10-25(22)28-26-16-18(2)12-14-23(26)27/h3-16H,1-2H3. The number of hydrogen-bond donors (Lipinski definition) is 0. The highest BCUT2D eigenvalue weighted by Crippen LogP contribution is 2.62. The maximum atomic E-state index is 6.41. The Morgan fingerprint density at radius 3 is 2.07 bits per heavy atom. The van der Waals surface area contributed by atoms with Gasteiger partial charge in [0.2, 0.25) is 0 Å². The summed E-state index contributed by atoms with van der Waals surface area (Å²) in [6.07, 6.45) is 0. The molecule has 0 saturated heterocycles. The number of ether oxygens (including phenoxy) is 1. The molecule has 1 atom stereocenters.